The van der Waals surface area contributed by atoms with E-state index in [1.165, 1.54) is 62.8 Å². The first-order chi connectivity index (χ1) is 21.4. The van der Waals surface area contributed by atoms with Crippen LogP contribution in [0.25, 0.3) is 33.3 Å². The third-order valence-corrected chi connectivity index (χ3v) is 7.88. The Morgan fingerprint density at radius 2 is 1.05 bits per heavy atom. The first-order valence-electron chi connectivity index (χ1n) is 16.1. The molecule has 0 atom stereocenters. The van der Waals surface area contributed by atoms with Gasteiger partial charge in [-0.15, -0.1) is 0 Å². The first-order valence-corrected chi connectivity index (χ1v) is 16.1. The largest absolute Gasteiger partial charge is 0.490 e. The van der Waals surface area contributed by atoms with E-state index in [-0.39, 0.29) is 28.3 Å². The van der Waals surface area contributed by atoms with Crippen molar-refractivity contribution >= 4 is 10.9 Å². The zero-order valence-corrected chi connectivity index (χ0v) is 25.9. The molecule has 236 valence electrons. The van der Waals surface area contributed by atoms with Gasteiger partial charge in [-0.3, -0.25) is 0 Å². The number of aromatic nitrogens is 1. The lowest BCUT2D eigenvalue weighted by Gasteiger charge is -2.12. The summed E-state index contributed by atoms with van der Waals surface area (Å²) in [6, 6.07) is 14.1. The van der Waals surface area contributed by atoms with Crippen molar-refractivity contribution in [2.45, 2.75) is 90.9 Å². The van der Waals surface area contributed by atoms with Gasteiger partial charge in [-0.2, -0.15) is 8.78 Å². The molecular weight excluding hydrogens is 566 g/mol. The van der Waals surface area contributed by atoms with E-state index in [1.807, 2.05) is 0 Å². The maximum Gasteiger partial charge on any atom is 0.201 e. The van der Waals surface area contributed by atoms with Crippen LogP contribution in [0.1, 0.15) is 90.9 Å². The summed E-state index contributed by atoms with van der Waals surface area (Å²) in [6.07, 6.45) is 12.9. The highest BCUT2D eigenvalue weighted by molar-refractivity contribution is 5.86. The van der Waals surface area contributed by atoms with Crippen molar-refractivity contribution < 1.29 is 27.0 Å². The summed E-state index contributed by atoms with van der Waals surface area (Å²) < 4.78 is 70.8. The molecule has 1 heterocycles. The molecule has 0 radical (unpaired) electrons. The second-order valence-corrected chi connectivity index (χ2v) is 11.3. The summed E-state index contributed by atoms with van der Waals surface area (Å²) in [6.45, 7) is 4.99. The highest BCUT2D eigenvalue weighted by atomic mass is 19.2. The fourth-order valence-corrected chi connectivity index (χ4v) is 5.28. The molecular formula is C37H43F4NO2. The van der Waals surface area contributed by atoms with Crippen LogP contribution in [-0.2, 0) is 0 Å². The molecule has 0 fully saturated rings. The molecule has 0 bridgehead atoms. The van der Waals surface area contributed by atoms with E-state index >= 15 is 8.78 Å². The molecule has 0 aliphatic carbocycles. The highest BCUT2D eigenvalue weighted by Crippen LogP contribution is 2.34. The van der Waals surface area contributed by atoms with Crippen LogP contribution in [-0.4, -0.2) is 18.2 Å². The van der Waals surface area contributed by atoms with Crippen LogP contribution in [0.15, 0.2) is 54.6 Å². The van der Waals surface area contributed by atoms with E-state index in [9.17, 15) is 8.78 Å². The average Bonchev–Trinajstić information content (AvgIpc) is 3.03. The van der Waals surface area contributed by atoms with Gasteiger partial charge >= 0.3 is 0 Å². The lowest BCUT2D eigenvalue weighted by Crippen LogP contribution is -2.02. The topological polar surface area (TPSA) is 31.4 Å². The highest BCUT2D eigenvalue weighted by Gasteiger charge is 2.19. The lowest BCUT2D eigenvalue weighted by molar-refractivity contribution is 0.285. The quantitative estimate of drug-likeness (QED) is 0.0831. The summed E-state index contributed by atoms with van der Waals surface area (Å²) in [5.41, 5.74) is 1.35. The number of hydrogen-bond donors (Lipinski definition) is 0. The fraction of sp³-hybridized carbons (Fsp3) is 0.432. The van der Waals surface area contributed by atoms with Gasteiger partial charge in [0.05, 0.1) is 24.4 Å². The van der Waals surface area contributed by atoms with E-state index < -0.39 is 23.3 Å². The van der Waals surface area contributed by atoms with Crippen LogP contribution in [0, 0.1) is 23.3 Å². The smallest absolute Gasteiger partial charge is 0.201 e. The molecule has 44 heavy (non-hydrogen) atoms. The number of hydrogen-bond acceptors (Lipinski definition) is 3. The van der Waals surface area contributed by atoms with Crippen molar-refractivity contribution in [3.63, 3.8) is 0 Å². The predicted octanol–water partition coefficient (Wildman–Crippen LogP) is 11.6. The van der Waals surface area contributed by atoms with E-state index in [1.54, 1.807) is 30.3 Å². The molecule has 0 aliphatic heterocycles. The molecule has 7 heteroatoms. The van der Waals surface area contributed by atoms with Crippen LogP contribution in [0.4, 0.5) is 17.6 Å². The van der Waals surface area contributed by atoms with E-state index in [0.717, 1.165) is 38.5 Å². The zero-order chi connectivity index (χ0) is 31.3. The summed E-state index contributed by atoms with van der Waals surface area (Å²) in [7, 11) is 0. The van der Waals surface area contributed by atoms with Gasteiger partial charge in [0.15, 0.2) is 23.1 Å². The molecule has 0 saturated heterocycles. The number of pyridine rings is 1. The summed E-state index contributed by atoms with van der Waals surface area (Å²) in [4.78, 5) is 4.51. The number of nitrogens with zero attached hydrogens (tertiary/aromatic N) is 1. The summed E-state index contributed by atoms with van der Waals surface area (Å²) >= 11 is 0. The molecule has 4 aromatic rings. The minimum atomic E-state index is -1.04. The van der Waals surface area contributed by atoms with Crippen molar-refractivity contribution in [3.05, 3.63) is 77.9 Å². The zero-order valence-electron chi connectivity index (χ0n) is 25.9. The van der Waals surface area contributed by atoms with E-state index in [0.29, 0.717) is 29.7 Å². The molecule has 0 unspecified atom stereocenters. The molecule has 3 nitrogen and oxygen atoms in total. The minimum absolute atomic E-state index is 0.0186. The van der Waals surface area contributed by atoms with E-state index in [2.05, 4.69) is 18.8 Å². The Morgan fingerprint density at radius 1 is 0.523 bits per heavy atom. The van der Waals surface area contributed by atoms with Crippen LogP contribution < -0.4 is 9.47 Å². The molecule has 3 aromatic carbocycles. The standard InChI is InChI=1S/C37H43F4NO2/c1-3-5-7-9-11-13-23-43-32-21-17-28(34(38)36(32)40)26-15-19-30-27(25-26)16-20-31(42-30)29-18-22-33(37(41)35(29)39)44-24-14-12-10-8-6-4-2/h15-22,25H,3-14,23-24H2,1-2H3. The Morgan fingerprint density at radius 3 is 1.64 bits per heavy atom. The molecule has 0 N–H and O–H groups in total. The van der Waals surface area contributed by atoms with Crippen LogP contribution in [0.2, 0.25) is 0 Å². The molecule has 0 saturated carbocycles. The maximum atomic E-state index is 15.1. The van der Waals surface area contributed by atoms with Gasteiger partial charge in [-0.05, 0) is 60.9 Å². The number of ether oxygens (including phenoxy) is 2. The molecule has 0 aliphatic rings. The van der Waals surface area contributed by atoms with Gasteiger partial charge in [0.25, 0.3) is 0 Å². The molecule has 1 aromatic heterocycles. The average molecular weight is 610 g/mol. The minimum Gasteiger partial charge on any atom is -0.490 e. The summed E-state index contributed by atoms with van der Waals surface area (Å²) in [5.74, 6) is -4.27. The van der Waals surface area contributed by atoms with Crippen molar-refractivity contribution in [1.82, 2.24) is 4.98 Å². The number of fused-ring (bicyclic) bond motifs is 1. The predicted molar refractivity (Wildman–Crippen MR) is 170 cm³/mol. The van der Waals surface area contributed by atoms with Gasteiger partial charge in [-0.1, -0.05) is 90.2 Å². The number of benzene rings is 3. The number of halogens is 4. The third kappa shape index (κ3) is 8.73. The van der Waals surface area contributed by atoms with Crippen LogP contribution in [0.5, 0.6) is 11.5 Å². The lowest BCUT2D eigenvalue weighted by atomic mass is 10.0. The molecule has 0 amide bonds. The maximum absolute atomic E-state index is 15.1. The van der Waals surface area contributed by atoms with Crippen molar-refractivity contribution in [2.24, 2.45) is 0 Å². The Kier molecular flexibility index (Phi) is 12.9. The SMILES string of the molecule is CCCCCCCCOc1ccc(-c2ccc3nc(-c4ccc(OCCCCCCCC)c(F)c4F)ccc3c2)c(F)c1F. The van der Waals surface area contributed by atoms with Crippen LogP contribution in [0.3, 0.4) is 0 Å². The van der Waals surface area contributed by atoms with E-state index in [4.69, 9.17) is 9.47 Å². The summed E-state index contributed by atoms with van der Waals surface area (Å²) in [5, 5.41) is 0.647. The Balaban J connectivity index is 1.41. The fourth-order valence-electron chi connectivity index (χ4n) is 5.28. The van der Waals surface area contributed by atoms with Crippen molar-refractivity contribution in [3.8, 4) is 33.9 Å². The van der Waals surface area contributed by atoms with Crippen molar-refractivity contribution in [1.29, 1.82) is 0 Å². The number of rotatable bonds is 18. The van der Waals surface area contributed by atoms with Gasteiger partial charge in [0.1, 0.15) is 0 Å². The first kappa shape index (κ1) is 33.3. The Bertz CT molecular complexity index is 1390. The third-order valence-electron chi connectivity index (χ3n) is 7.88. The molecule has 0 spiro atoms. The monoisotopic (exact) mass is 609 g/mol. The Labute approximate surface area is 258 Å². The van der Waals surface area contributed by atoms with Gasteiger partial charge < -0.3 is 9.47 Å². The number of unbranched alkanes of at least 4 members (excludes halogenated alkanes) is 10. The van der Waals surface area contributed by atoms with Crippen molar-refractivity contribution in [2.75, 3.05) is 13.2 Å². The van der Waals surface area contributed by atoms with Gasteiger partial charge in [0.2, 0.25) is 11.6 Å². The second kappa shape index (κ2) is 17.0. The van der Waals surface area contributed by atoms with Gasteiger partial charge in [0, 0.05) is 16.5 Å². The van der Waals surface area contributed by atoms with Gasteiger partial charge in [-0.25, -0.2) is 13.8 Å². The normalized spacial score (nSPS) is 11.3. The van der Waals surface area contributed by atoms with Crippen LogP contribution >= 0.6 is 0 Å². The molecule has 4 rings (SSSR count). The Hall–Kier alpha value is -3.61. The second-order valence-electron chi connectivity index (χ2n) is 11.3.